The highest BCUT2D eigenvalue weighted by atomic mass is 16.4. The summed E-state index contributed by atoms with van der Waals surface area (Å²) in [6.07, 6.45) is 3.34. The summed E-state index contributed by atoms with van der Waals surface area (Å²) in [5, 5.41) is 8.01. The van der Waals surface area contributed by atoms with Crippen molar-refractivity contribution in [3.8, 4) is 23.7 Å². The molecule has 0 heterocycles. The highest BCUT2D eigenvalue weighted by molar-refractivity contribution is 5.87. The second kappa shape index (κ2) is 5.47. The highest BCUT2D eigenvalue weighted by Crippen LogP contribution is 1.63. The number of carboxylic acid groups (broad SMARTS) is 1. The molecule has 0 spiro atoms. The summed E-state index contributed by atoms with van der Waals surface area (Å²) in [6.45, 7) is 1.82. The summed E-state index contributed by atoms with van der Waals surface area (Å²) in [5.74, 6) is 7.73. The van der Waals surface area contributed by atoms with Crippen molar-refractivity contribution >= 4 is 5.97 Å². The molecule has 50 valence electrons. The Kier molecular flexibility index (Phi) is 4.55. The van der Waals surface area contributed by atoms with Crippen LogP contribution in [0.2, 0.25) is 0 Å². The van der Waals surface area contributed by atoms with Gasteiger partial charge in [-0.05, 0) is 24.8 Å². The first-order valence-corrected chi connectivity index (χ1v) is 2.63. The summed E-state index contributed by atoms with van der Waals surface area (Å²) < 4.78 is 0. The van der Waals surface area contributed by atoms with Crippen molar-refractivity contribution in [1.29, 1.82) is 0 Å². The van der Waals surface area contributed by atoms with Crippen molar-refractivity contribution in [2.24, 2.45) is 0 Å². The van der Waals surface area contributed by atoms with E-state index in [2.05, 4.69) is 17.8 Å². The zero-order valence-electron chi connectivity index (χ0n) is 5.51. The van der Waals surface area contributed by atoms with Crippen LogP contribution in [0.15, 0.2) is 12.2 Å². The molecule has 0 aromatic rings. The first kappa shape index (κ1) is 8.33. The van der Waals surface area contributed by atoms with Crippen LogP contribution >= 0.6 is 0 Å². The topological polar surface area (TPSA) is 37.3 Å². The van der Waals surface area contributed by atoms with E-state index in [0.29, 0.717) is 0 Å². The Bertz CT molecular complexity index is 252. The van der Waals surface area contributed by atoms with Crippen LogP contribution in [0.1, 0.15) is 6.92 Å². The van der Waals surface area contributed by atoms with Gasteiger partial charge in [0.05, 0.1) is 0 Å². The van der Waals surface area contributed by atoms with E-state index in [1.165, 1.54) is 0 Å². The summed E-state index contributed by atoms with van der Waals surface area (Å²) in [4.78, 5) is 9.77. The molecule has 2 heteroatoms. The number of hydrogen-bond acceptors (Lipinski definition) is 1. The number of carbonyl (C=O) groups is 1. The molecule has 0 aromatic heterocycles. The Morgan fingerprint density at radius 1 is 1.50 bits per heavy atom. The molecule has 2 nitrogen and oxygen atoms in total. The van der Waals surface area contributed by atoms with E-state index in [1.807, 2.05) is 12.8 Å². The van der Waals surface area contributed by atoms with E-state index >= 15 is 0 Å². The summed E-state index contributed by atoms with van der Waals surface area (Å²) in [5.41, 5.74) is 0. The molecule has 1 N–H and O–H groups in total. The quantitative estimate of drug-likeness (QED) is 0.494. The van der Waals surface area contributed by atoms with Crippen LogP contribution in [0, 0.1) is 23.7 Å². The van der Waals surface area contributed by atoms with Gasteiger partial charge >= 0.3 is 5.97 Å². The molecule has 0 aliphatic heterocycles. The number of allylic oxidation sites excluding steroid dienone is 2. The van der Waals surface area contributed by atoms with Gasteiger partial charge in [-0.2, -0.15) is 0 Å². The Balaban J connectivity index is 3.90. The second-order valence-corrected chi connectivity index (χ2v) is 1.32. The van der Waals surface area contributed by atoms with Crippen LogP contribution in [0.4, 0.5) is 0 Å². The summed E-state index contributed by atoms with van der Waals surface area (Å²) in [6, 6.07) is 0. The monoisotopic (exact) mass is 134 g/mol. The van der Waals surface area contributed by atoms with Crippen LogP contribution in [-0.2, 0) is 4.79 Å². The van der Waals surface area contributed by atoms with Gasteiger partial charge in [0.2, 0.25) is 0 Å². The van der Waals surface area contributed by atoms with Crippen molar-refractivity contribution in [1.82, 2.24) is 0 Å². The van der Waals surface area contributed by atoms with E-state index in [-0.39, 0.29) is 0 Å². The third-order valence-corrected chi connectivity index (χ3v) is 0.554. The minimum atomic E-state index is -1.16. The average Bonchev–Trinajstić information content (AvgIpc) is 1.87. The molecule has 0 aromatic carbocycles. The van der Waals surface area contributed by atoms with Crippen molar-refractivity contribution < 1.29 is 9.90 Å². The molecular formula is C8H6O2. The molecule has 0 rings (SSSR count). The van der Waals surface area contributed by atoms with Gasteiger partial charge in [-0.1, -0.05) is 12.0 Å². The first-order valence-electron chi connectivity index (χ1n) is 2.63. The molecule has 0 aliphatic carbocycles. The lowest BCUT2D eigenvalue weighted by atomic mass is 10.5. The normalized spacial score (nSPS) is 7.30. The summed E-state index contributed by atoms with van der Waals surface area (Å²) in [7, 11) is 0. The van der Waals surface area contributed by atoms with E-state index < -0.39 is 5.97 Å². The third kappa shape index (κ3) is 6.33. The van der Waals surface area contributed by atoms with Crippen molar-refractivity contribution in [3.05, 3.63) is 12.2 Å². The zero-order valence-corrected chi connectivity index (χ0v) is 5.51. The molecule has 10 heavy (non-hydrogen) atoms. The van der Waals surface area contributed by atoms with Gasteiger partial charge < -0.3 is 5.11 Å². The van der Waals surface area contributed by atoms with Crippen LogP contribution in [-0.4, -0.2) is 11.1 Å². The molecule has 0 radical (unpaired) electrons. The van der Waals surface area contributed by atoms with E-state index in [0.717, 1.165) is 0 Å². The largest absolute Gasteiger partial charge is 0.472 e. The number of hydrogen-bond donors (Lipinski definition) is 1. The van der Waals surface area contributed by atoms with Gasteiger partial charge in [0.25, 0.3) is 0 Å². The molecule has 0 bridgehead atoms. The van der Waals surface area contributed by atoms with Crippen molar-refractivity contribution in [2.75, 3.05) is 0 Å². The maximum atomic E-state index is 9.77. The predicted octanol–water partition coefficient (Wildman–Crippen LogP) is 0.654. The van der Waals surface area contributed by atoms with Crippen LogP contribution in [0.25, 0.3) is 0 Å². The Morgan fingerprint density at radius 2 is 2.20 bits per heavy atom. The van der Waals surface area contributed by atoms with Crippen LogP contribution in [0.5, 0.6) is 0 Å². The third-order valence-electron chi connectivity index (χ3n) is 0.554. The Morgan fingerprint density at radius 3 is 2.70 bits per heavy atom. The van der Waals surface area contributed by atoms with Crippen molar-refractivity contribution in [2.45, 2.75) is 6.92 Å². The fourth-order valence-electron chi connectivity index (χ4n) is 0.246. The first-order chi connectivity index (χ1) is 4.77. The molecular weight excluding hydrogens is 128 g/mol. The van der Waals surface area contributed by atoms with E-state index in [4.69, 9.17) is 5.11 Å². The zero-order chi connectivity index (χ0) is 7.82. The molecule has 0 fully saturated rings. The van der Waals surface area contributed by atoms with Crippen LogP contribution in [0.3, 0.4) is 0 Å². The molecule has 0 saturated carbocycles. The second-order valence-electron chi connectivity index (χ2n) is 1.32. The lowest BCUT2D eigenvalue weighted by Crippen LogP contribution is -1.85. The molecule has 0 amide bonds. The predicted molar refractivity (Wildman–Crippen MR) is 38.0 cm³/mol. The molecule has 0 atom stereocenters. The fourth-order valence-corrected chi connectivity index (χ4v) is 0.246. The smallest absolute Gasteiger partial charge is 0.382 e. The minimum Gasteiger partial charge on any atom is -0.472 e. The van der Waals surface area contributed by atoms with Gasteiger partial charge in [-0.25, -0.2) is 4.79 Å². The van der Waals surface area contributed by atoms with Crippen LogP contribution < -0.4 is 0 Å². The fraction of sp³-hybridized carbons (Fsp3) is 0.125. The van der Waals surface area contributed by atoms with E-state index in [1.54, 1.807) is 12.2 Å². The van der Waals surface area contributed by atoms with Gasteiger partial charge in [0, 0.05) is 5.92 Å². The SMILES string of the molecule is C/C=C/C#CC#CC(=O)O. The molecule has 0 aliphatic rings. The standard InChI is InChI=1S/C8H6O2/c1-2-3-4-5-6-7-8(9)10/h2-3H,1H3,(H,9,10)/b3-2+. The minimum absolute atomic E-state index is 1.16. The average molecular weight is 134 g/mol. The van der Waals surface area contributed by atoms with Gasteiger partial charge in [-0.15, -0.1) is 0 Å². The number of rotatable bonds is 0. The number of aliphatic carboxylic acids is 1. The van der Waals surface area contributed by atoms with Gasteiger partial charge in [0.15, 0.2) is 0 Å². The van der Waals surface area contributed by atoms with Gasteiger partial charge in [-0.3, -0.25) is 0 Å². The molecule has 0 unspecified atom stereocenters. The summed E-state index contributed by atoms with van der Waals surface area (Å²) >= 11 is 0. The van der Waals surface area contributed by atoms with Gasteiger partial charge in [0.1, 0.15) is 0 Å². The molecule has 0 saturated heterocycles. The Hall–Kier alpha value is -1.67. The lowest BCUT2D eigenvalue weighted by molar-refractivity contribution is -0.130. The maximum absolute atomic E-state index is 9.77. The van der Waals surface area contributed by atoms with Crippen molar-refractivity contribution in [3.63, 3.8) is 0 Å². The number of carboxylic acids is 1. The maximum Gasteiger partial charge on any atom is 0.382 e. The Labute approximate surface area is 59.6 Å². The lowest BCUT2D eigenvalue weighted by Gasteiger charge is -1.64. The van der Waals surface area contributed by atoms with E-state index in [9.17, 15) is 4.79 Å². The highest BCUT2D eigenvalue weighted by Gasteiger charge is 1.77.